The summed E-state index contributed by atoms with van der Waals surface area (Å²) < 4.78 is 7.34. The van der Waals surface area contributed by atoms with E-state index >= 15 is 0 Å². The van der Waals surface area contributed by atoms with Crippen LogP contribution in [0.3, 0.4) is 0 Å². The van der Waals surface area contributed by atoms with E-state index < -0.39 is 0 Å². The molecule has 2 aromatic rings. The summed E-state index contributed by atoms with van der Waals surface area (Å²) in [6, 6.07) is 7.03. The molecule has 1 saturated heterocycles. The summed E-state index contributed by atoms with van der Waals surface area (Å²) in [6.45, 7) is 4.11. The monoisotopic (exact) mass is 348 g/mol. The van der Waals surface area contributed by atoms with Gasteiger partial charge < -0.3 is 9.64 Å². The Labute approximate surface area is 146 Å². The van der Waals surface area contributed by atoms with Crippen molar-refractivity contribution in [2.45, 2.75) is 6.54 Å². The number of nitrogens with zero attached hydrogens (tertiary/aromatic N) is 4. The maximum absolute atomic E-state index is 12.2. The highest BCUT2D eigenvalue weighted by molar-refractivity contribution is 6.30. The summed E-state index contributed by atoms with van der Waals surface area (Å²) >= 11 is 5.83. The highest BCUT2D eigenvalue weighted by atomic mass is 35.5. The Hall–Kier alpha value is -2.05. The Morgan fingerprint density at radius 2 is 1.92 bits per heavy atom. The first-order chi connectivity index (χ1) is 11.6. The third-order valence-electron chi connectivity index (χ3n) is 4.07. The lowest BCUT2D eigenvalue weighted by molar-refractivity contribution is -0.135. The van der Waals surface area contributed by atoms with Crippen LogP contribution in [-0.2, 0) is 18.4 Å². The van der Waals surface area contributed by atoms with Gasteiger partial charge in [-0.15, -0.1) is 0 Å². The van der Waals surface area contributed by atoms with Gasteiger partial charge in [0.2, 0.25) is 0 Å². The second-order valence-corrected chi connectivity index (χ2v) is 6.36. The highest BCUT2D eigenvalue weighted by Gasteiger charge is 2.21. The molecule has 1 aliphatic heterocycles. The minimum atomic E-state index is 0.0194. The molecule has 0 saturated carbocycles. The molecule has 24 heavy (non-hydrogen) atoms. The maximum atomic E-state index is 12.2. The lowest BCUT2D eigenvalue weighted by Gasteiger charge is -2.34. The molecule has 0 radical (unpaired) electrons. The molecule has 1 fully saturated rings. The van der Waals surface area contributed by atoms with E-state index in [0.29, 0.717) is 10.8 Å². The Balaban J connectivity index is 1.42. The van der Waals surface area contributed by atoms with Crippen molar-refractivity contribution >= 4 is 17.5 Å². The number of hydrogen-bond acceptors (Lipinski definition) is 4. The number of amides is 1. The van der Waals surface area contributed by atoms with Crippen LogP contribution in [0.1, 0.15) is 5.56 Å². The van der Waals surface area contributed by atoms with Gasteiger partial charge in [-0.3, -0.25) is 14.4 Å². The summed E-state index contributed by atoms with van der Waals surface area (Å²) in [5.41, 5.74) is 1.20. The van der Waals surface area contributed by atoms with E-state index in [4.69, 9.17) is 16.3 Å². The standard InChI is InChI=1S/C17H21ClN4O2/c1-20-11-14(10-19-20)12-21-6-8-22(9-7-21)17(23)13-24-16-4-2-15(18)3-5-16/h2-5,10-11H,6-9,12-13H2,1H3. The van der Waals surface area contributed by atoms with Crippen LogP contribution in [0.2, 0.25) is 5.02 Å². The van der Waals surface area contributed by atoms with E-state index in [-0.39, 0.29) is 12.5 Å². The van der Waals surface area contributed by atoms with Crippen LogP contribution in [0, 0.1) is 0 Å². The van der Waals surface area contributed by atoms with Crippen LogP contribution < -0.4 is 4.74 Å². The van der Waals surface area contributed by atoms with Gasteiger partial charge in [0.25, 0.3) is 5.91 Å². The van der Waals surface area contributed by atoms with Gasteiger partial charge in [0.15, 0.2) is 6.61 Å². The fourth-order valence-electron chi connectivity index (χ4n) is 2.73. The number of halogens is 1. The van der Waals surface area contributed by atoms with Gasteiger partial charge >= 0.3 is 0 Å². The molecule has 1 amide bonds. The van der Waals surface area contributed by atoms with Crippen molar-refractivity contribution in [2.75, 3.05) is 32.8 Å². The average molecular weight is 349 g/mol. The van der Waals surface area contributed by atoms with Gasteiger partial charge in [-0.2, -0.15) is 5.10 Å². The predicted molar refractivity (Wildman–Crippen MR) is 92.0 cm³/mol. The second kappa shape index (κ2) is 7.68. The zero-order valence-electron chi connectivity index (χ0n) is 13.7. The summed E-state index contributed by atoms with van der Waals surface area (Å²) in [6.07, 6.45) is 3.91. The van der Waals surface area contributed by atoms with Gasteiger partial charge in [0.05, 0.1) is 6.20 Å². The molecule has 0 spiro atoms. The highest BCUT2D eigenvalue weighted by Crippen LogP contribution is 2.15. The molecule has 0 N–H and O–H groups in total. The summed E-state index contributed by atoms with van der Waals surface area (Å²) in [5.74, 6) is 0.675. The van der Waals surface area contributed by atoms with E-state index in [1.807, 2.05) is 29.0 Å². The smallest absolute Gasteiger partial charge is 0.260 e. The lowest BCUT2D eigenvalue weighted by Crippen LogP contribution is -2.49. The lowest BCUT2D eigenvalue weighted by atomic mass is 10.2. The third kappa shape index (κ3) is 4.49. The molecule has 3 rings (SSSR count). The molecule has 0 aliphatic carbocycles. The summed E-state index contributed by atoms with van der Waals surface area (Å²) in [7, 11) is 1.92. The van der Waals surface area contributed by atoms with Crippen LogP contribution in [0.4, 0.5) is 0 Å². The molecular weight excluding hydrogens is 328 g/mol. The van der Waals surface area contributed by atoms with Gasteiger partial charge in [0.1, 0.15) is 5.75 Å². The van der Waals surface area contributed by atoms with Crippen LogP contribution in [0.15, 0.2) is 36.7 Å². The molecule has 0 atom stereocenters. The van der Waals surface area contributed by atoms with Gasteiger partial charge in [-0.25, -0.2) is 0 Å². The minimum Gasteiger partial charge on any atom is -0.484 e. The Morgan fingerprint density at radius 3 is 2.54 bits per heavy atom. The average Bonchev–Trinajstić information content (AvgIpc) is 2.99. The first-order valence-electron chi connectivity index (χ1n) is 7.96. The van der Waals surface area contributed by atoms with Crippen LogP contribution >= 0.6 is 11.6 Å². The number of carbonyl (C=O) groups excluding carboxylic acids is 1. The Bertz CT molecular complexity index is 678. The van der Waals surface area contributed by atoms with Gasteiger partial charge in [-0.1, -0.05) is 11.6 Å². The summed E-state index contributed by atoms with van der Waals surface area (Å²) in [5, 5.41) is 4.84. The molecule has 0 unspecified atom stereocenters. The first-order valence-corrected chi connectivity index (χ1v) is 8.34. The van der Waals surface area contributed by atoms with Gasteiger partial charge in [0, 0.05) is 56.6 Å². The number of hydrogen-bond donors (Lipinski definition) is 0. The molecule has 0 bridgehead atoms. The number of carbonyl (C=O) groups is 1. The molecule has 1 aliphatic rings. The van der Waals surface area contributed by atoms with Crippen molar-refractivity contribution in [1.29, 1.82) is 0 Å². The molecular formula is C17H21ClN4O2. The van der Waals surface area contributed by atoms with E-state index in [2.05, 4.69) is 10.00 Å². The van der Waals surface area contributed by atoms with Crippen LogP contribution in [0.5, 0.6) is 5.75 Å². The van der Waals surface area contributed by atoms with E-state index in [1.54, 1.807) is 24.3 Å². The molecule has 7 heteroatoms. The van der Waals surface area contributed by atoms with Crippen LogP contribution in [-0.4, -0.2) is 58.3 Å². The Morgan fingerprint density at radius 1 is 1.21 bits per heavy atom. The van der Waals surface area contributed by atoms with Crippen LogP contribution in [0.25, 0.3) is 0 Å². The number of benzene rings is 1. The van der Waals surface area contributed by atoms with E-state index in [9.17, 15) is 4.79 Å². The van der Waals surface area contributed by atoms with Crippen molar-refractivity contribution in [3.63, 3.8) is 0 Å². The topological polar surface area (TPSA) is 50.6 Å². The molecule has 1 aromatic heterocycles. The van der Waals surface area contributed by atoms with Crippen molar-refractivity contribution in [2.24, 2.45) is 7.05 Å². The second-order valence-electron chi connectivity index (χ2n) is 5.92. The molecule has 2 heterocycles. The largest absolute Gasteiger partial charge is 0.484 e. The number of aromatic nitrogens is 2. The maximum Gasteiger partial charge on any atom is 0.260 e. The SMILES string of the molecule is Cn1cc(CN2CCN(C(=O)COc3ccc(Cl)cc3)CC2)cn1. The van der Waals surface area contributed by atoms with Crippen molar-refractivity contribution < 1.29 is 9.53 Å². The van der Waals surface area contributed by atoms with E-state index in [0.717, 1.165) is 32.7 Å². The van der Waals surface area contributed by atoms with Crippen molar-refractivity contribution in [3.05, 3.63) is 47.2 Å². The van der Waals surface area contributed by atoms with Crippen molar-refractivity contribution in [3.8, 4) is 5.75 Å². The zero-order valence-corrected chi connectivity index (χ0v) is 14.4. The molecule has 6 nitrogen and oxygen atoms in total. The quantitative estimate of drug-likeness (QED) is 0.826. The van der Waals surface area contributed by atoms with E-state index in [1.165, 1.54) is 5.56 Å². The predicted octanol–water partition coefficient (Wildman–Crippen LogP) is 1.80. The van der Waals surface area contributed by atoms with Crippen molar-refractivity contribution in [1.82, 2.24) is 19.6 Å². The number of rotatable bonds is 5. The first kappa shape index (κ1) is 16.8. The zero-order chi connectivity index (χ0) is 16.9. The summed E-state index contributed by atoms with van der Waals surface area (Å²) in [4.78, 5) is 16.4. The third-order valence-corrected chi connectivity index (χ3v) is 4.32. The fraction of sp³-hybridized carbons (Fsp3) is 0.412. The Kier molecular flexibility index (Phi) is 5.37. The normalized spacial score (nSPS) is 15.5. The van der Waals surface area contributed by atoms with Gasteiger partial charge in [-0.05, 0) is 24.3 Å². The minimum absolute atomic E-state index is 0.0194. The molecule has 128 valence electrons. The number of piperazine rings is 1. The fourth-order valence-corrected chi connectivity index (χ4v) is 2.86. The number of ether oxygens (including phenoxy) is 1. The number of aryl methyl sites for hydroxylation is 1. The molecule has 1 aromatic carbocycles.